The van der Waals surface area contributed by atoms with Gasteiger partial charge < -0.3 is 9.47 Å². The number of methoxy groups -OCH3 is 1. The summed E-state index contributed by atoms with van der Waals surface area (Å²) < 4.78 is 12.9. The molecular weight excluding hydrogens is 394 g/mol. The van der Waals surface area contributed by atoms with Crippen molar-refractivity contribution in [2.24, 2.45) is 5.10 Å². The molecule has 1 fully saturated rings. The maximum atomic E-state index is 11.5. The third-order valence-electron chi connectivity index (χ3n) is 4.89. The number of nitro benzene ring substituents is 1. The molecule has 1 aromatic heterocycles. The largest absolute Gasteiger partial charge is 0.493 e. The van der Waals surface area contributed by atoms with Crippen molar-refractivity contribution in [1.29, 1.82) is 0 Å². The Balaban J connectivity index is 1.95. The zero-order chi connectivity index (χ0) is 20.8. The molecule has 1 N–H and O–H groups in total. The van der Waals surface area contributed by atoms with Crippen molar-refractivity contribution in [3.8, 4) is 11.5 Å². The molecule has 0 radical (unpaired) electrons. The van der Waals surface area contributed by atoms with Gasteiger partial charge in [-0.25, -0.2) is 0 Å². The van der Waals surface area contributed by atoms with E-state index in [4.69, 9.17) is 21.7 Å². The van der Waals surface area contributed by atoms with Crippen LogP contribution in [0.25, 0.3) is 0 Å². The Morgan fingerprint density at radius 2 is 2.17 bits per heavy atom. The first-order valence-corrected chi connectivity index (χ1v) is 10.2. The Morgan fingerprint density at radius 1 is 1.41 bits per heavy atom. The highest BCUT2D eigenvalue weighted by atomic mass is 32.1. The van der Waals surface area contributed by atoms with Crippen LogP contribution in [0.1, 0.15) is 62.8 Å². The first kappa shape index (κ1) is 21.0. The van der Waals surface area contributed by atoms with Crippen LogP contribution in [0.5, 0.6) is 11.5 Å². The first-order chi connectivity index (χ1) is 14.0. The van der Waals surface area contributed by atoms with Gasteiger partial charge in [0.2, 0.25) is 10.5 Å². The number of hydrogen-bond donors (Lipinski definition) is 1. The lowest BCUT2D eigenvalue weighted by Gasteiger charge is -2.19. The molecule has 0 amide bonds. The molecule has 9 nitrogen and oxygen atoms in total. The minimum absolute atomic E-state index is 0.124. The maximum Gasteiger partial charge on any atom is 0.315 e. The van der Waals surface area contributed by atoms with E-state index in [1.165, 1.54) is 25.8 Å². The van der Waals surface area contributed by atoms with Gasteiger partial charge in [0.15, 0.2) is 11.6 Å². The summed E-state index contributed by atoms with van der Waals surface area (Å²) in [6.45, 7) is 2.29. The van der Waals surface area contributed by atoms with Crippen LogP contribution >= 0.6 is 12.2 Å². The van der Waals surface area contributed by atoms with Gasteiger partial charge in [0.1, 0.15) is 0 Å². The molecule has 0 atom stereocenters. The molecule has 0 aliphatic heterocycles. The second-order valence-corrected chi connectivity index (χ2v) is 7.34. The average molecular weight is 420 g/mol. The van der Waals surface area contributed by atoms with Crippen LogP contribution in [-0.2, 0) is 0 Å². The number of aromatic amines is 1. The molecule has 3 rings (SSSR count). The van der Waals surface area contributed by atoms with E-state index in [-0.39, 0.29) is 17.2 Å². The van der Waals surface area contributed by atoms with Crippen molar-refractivity contribution >= 4 is 24.1 Å². The SMILES string of the molecule is CCCOc1c(OC)cc(/C=N\n2c(C3CCCCC3)n[nH]c2=S)cc1[N+](=O)[O-]. The number of benzene rings is 1. The number of nitro groups is 1. The normalized spacial score (nSPS) is 15.0. The van der Waals surface area contributed by atoms with Crippen LogP contribution in [0.4, 0.5) is 5.69 Å². The fourth-order valence-electron chi connectivity index (χ4n) is 3.48. The lowest BCUT2D eigenvalue weighted by molar-refractivity contribution is -0.386. The Labute approximate surface area is 173 Å². The molecule has 0 unspecified atom stereocenters. The lowest BCUT2D eigenvalue weighted by atomic mass is 9.89. The molecule has 1 heterocycles. The highest BCUT2D eigenvalue weighted by Crippen LogP contribution is 2.38. The minimum atomic E-state index is -0.484. The Morgan fingerprint density at radius 3 is 2.83 bits per heavy atom. The van der Waals surface area contributed by atoms with Gasteiger partial charge in [-0.15, -0.1) is 0 Å². The highest BCUT2D eigenvalue weighted by Gasteiger charge is 2.23. The highest BCUT2D eigenvalue weighted by molar-refractivity contribution is 7.71. The van der Waals surface area contributed by atoms with E-state index in [1.807, 2.05) is 6.92 Å². The average Bonchev–Trinajstić information content (AvgIpc) is 3.11. The van der Waals surface area contributed by atoms with Crippen molar-refractivity contribution in [3.05, 3.63) is 38.4 Å². The molecule has 1 aliphatic carbocycles. The Kier molecular flexibility index (Phi) is 6.97. The summed E-state index contributed by atoms with van der Waals surface area (Å²) >= 11 is 5.32. The van der Waals surface area contributed by atoms with Crippen LogP contribution < -0.4 is 9.47 Å². The third kappa shape index (κ3) is 4.81. The summed E-state index contributed by atoms with van der Waals surface area (Å²) in [6, 6.07) is 3.08. The van der Waals surface area contributed by atoms with E-state index in [0.29, 0.717) is 22.9 Å². The molecule has 29 heavy (non-hydrogen) atoms. The molecule has 10 heteroatoms. The van der Waals surface area contributed by atoms with E-state index in [9.17, 15) is 10.1 Å². The van der Waals surface area contributed by atoms with Crippen molar-refractivity contribution in [2.45, 2.75) is 51.4 Å². The summed E-state index contributed by atoms with van der Waals surface area (Å²) in [7, 11) is 1.45. The topological polar surface area (TPSA) is 108 Å². The summed E-state index contributed by atoms with van der Waals surface area (Å²) in [5, 5.41) is 23.2. The molecule has 1 saturated carbocycles. The van der Waals surface area contributed by atoms with E-state index >= 15 is 0 Å². The zero-order valence-electron chi connectivity index (χ0n) is 16.6. The number of aromatic nitrogens is 3. The zero-order valence-corrected chi connectivity index (χ0v) is 17.4. The van der Waals surface area contributed by atoms with Gasteiger partial charge in [-0.2, -0.15) is 14.9 Å². The fraction of sp³-hybridized carbons (Fsp3) is 0.526. The smallest absolute Gasteiger partial charge is 0.315 e. The molecule has 0 spiro atoms. The molecule has 156 valence electrons. The van der Waals surface area contributed by atoms with Crippen LogP contribution in [0.3, 0.4) is 0 Å². The lowest BCUT2D eigenvalue weighted by Crippen LogP contribution is -2.10. The first-order valence-electron chi connectivity index (χ1n) is 9.76. The van der Waals surface area contributed by atoms with Crippen LogP contribution in [0.2, 0.25) is 0 Å². The number of ether oxygens (including phenoxy) is 2. The van der Waals surface area contributed by atoms with Gasteiger partial charge in [0.05, 0.1) is 24.9 Å². The van der Waals surface area contributed by atoms with Gasteiger partial charge in [-0.05, 0) is 37.5 Å². The number of rotatable bonds is 8. The predicted octanol–water partition coefficient (Wildman–Crippen LogP) is 4.58. The van der Waals surface area contributed by atoms with Crippen LogP contribution in [0, 0.1) is 14.9 Å². The maximum absolute atomic E-state index is 11.5. The standard InChI is InChI=1S/C19H25N5O4S/c1-3-9-28-17-15(24(25)26)10-13(11-16(17)27-2)12-20-23-18(21-22-19(23)29)14-7-5-4-6-8-14/h10-12,14H,3-9H2,1-2H3,(H,22,29)/b20-12-. The van der Waals surface area contributed by atoms with E-state index in [0.717, 1.165) is 37.9 Å². The van der Waals surface area contributed by atoms with Crippen LogP contribution in [0.15, 0.2) is 17.2 Å². The molecule has 0 saturated heterocycles. The fourth-order valence-corrected chi connectivity index (χ4v) is 3.67. The van der Waals surface area contributed by atoms with Gasteiger partial charge in [0, 0.05) is 17.5 Å². The summed E-state index contributed by atoms with van der Waals surface area (Å²) in [4.78, 5) is 11.1. The molecule has 1 aromatic carbocycles. The number of hydrogen-bond acceptors (Lipinski definition) is 7. The van der Waals surface area contributed by atoms with Gasteiger partial charge >= 0.3 is 5.69 Å². The second kappa shape index (κ2) is 9.64. The monoisotopic (exact) mass is 419 g/mol. The van der Waals surface area contributed by atoms with Gasteiger partial charge in [-0.3, -0.25) is 15.2 Å². The molecule has 1 aliphatic rings. The van der Waals surface area contributed by atoms with Gasteiger partial charge in [-0.1, -0.05) is 26.2 Å². The van der Waals surface area contributed by atoms with E-state index in [1.54, 1.807) is 10.7 Å². The van der Waals surface area contributed by atoms with Gasteiger partial charge in [0.25, 0.3) is 0 Å². The van der Waals surface area contributed by atoms with Crippen molar-refractivity contribution in [2.75, 3.05) is 13.7 Å². The summed E-state index contributed by atoms with van der Waals surface area (Å²) in [5.74, 6) is 1.52. The number of nitrogens with one attached hydrogen (secondary N) is 1. The number of nitrogens with zero attached hydrogens (tertiary/aromatic N) is 4. The quantitative estimate of drug-likeness (QED) is 0.290. The van der Waals surface area contributed by atoms with Crippen LogP contribution in [-0.4, -0.2) is 39.7 Å². The van der Waals surface area contributed by atoms with E-state index in [2.05, 4.69) is 15.3 Å². The third-order valence-corrected chi connectivity index (χ3v) is 5.16. The number of H-pyrrole nitrogens is 1. The summed E-state index contributed by atoms with van der Waals surface area (Å²) in [6.07, 6.45) is 7.92. The van der Waals surface area contributed by atoms with Crippen molar-refractivity contribution < 1.29 is 14.4 Å². The van der Waals surface area contributed by atoms with Crippen molar-refractivity contribution in [3.63, 3.8) is 0 Å². The van der Waals surface area contributed by atoms with E-state index < -0.39 is 4.92 Å². The predicted molar refractivity (Wildman–Crippen MR) is 112 cm³/mol. The van der Waals surface area contributed by atoms with Crippen molar-refractivity contribution in [1.82, 2.24) is 14.9 Å². The summed E-state index contributed by atoms with van der Waals surface area (Å²) in [5.41, 5.74) is 0.345. The molecule has 2 aromatic rings. The second-order valence-electron chi connectivity index (χ2n) is 6.96. The molecular formula is C19H25N5O4S. The molecule has 0 bridgehead atoms. The minimum Gasteiger partial charge on any atom is -0.493 e. The Bertz CT molecular complexity index is 947. The Hall–Kier alpha value is -2.75.